The van der Waals surface area contributed by atoms with Crippen LogP contribution in [0.15, 0.2) is 60.7 Å². The van der Waals surface area contributed by atoms with Gasteiger partial charge < -0.3 is 15.0 Å². The van der Waals surface area contributed by atoms with Gasteiger partial charge in [0.05, 0.1) is 11.5 Å². The van der Waals surface area contributed by atoms with Gasteiger partial charge in [-0.2, -0.15) is 0 Å². The number of amides is 2. The van der Waals surface area contributed by atoms with Gasteiger partial charge in [-0.3, -0.25) is 14.4 Å². The summed E-state index contributed by atoms with van der Waals surface area (Å²) in [5, 5.41) is 2.86. The van der Waals surface area contributed by atoms with Crippen molar-refractivity contribution in [1.82, 2.24) is 10.2 Å². The number of benzene rings is 2. The van der Waals surface area contributed by atoms with Gasteiger partial charge in [0, 0.05) is 20.0 Å². The van der Waals surface area contributed by atoms with Gasteiger partial charge in [0.15, 0.2) is 6.61 Å². The van der Waals surface area contributed by atoms with Crippen LogP contribution in [0.1, 0.15) is 43.9 Å². The Labute approximate surface area is 177 Å². The quantitative estimate of drug-likeness (QED) is 0.746. The minimum absolute atomic E-state index is 0.000642. The highest BCUT2D eigenvalue weighted by Crippen LogP contribution is 2.37. The lowest BCUT2D eigenvalue weighted by atomic mass is 9.72. The number of rotatable bonds is 6. The first-order valence-corrected chi connectivity index (χ1v) is 10.2. The van der Waals surface area contributed by atoms with Crippen molar-refractivity contribution in [3.8, 4) is 0 Å². The van der Waals surface area contributed by atoms with Crippen LogP contribution in [0.3, 0.4) is 0 Å². The number of nitrogens with zero attached hydrogens (tertiary/aromatic N) is 1. The van der Waals surface area contributed by atoms with Crippen molar-refractivity contribution in [3.63, 3.8) is 0 Å². The van der Waals surface area contributed by atoms with Crippen molar-refractivity contribution in [3.05, 3.63) is 71.8 Å². The molecular formula is C24H28N2O4. The molecule has 2 amide bonds. The molecule has 0 saturated carbocycles. The predicted molar refractivity (Wildman–Crippen MR) is 114 cm³/mol. The Balaban J connectivity index is 1.65. The lowest BCUT2D eigenvalue weighted by Gasteiger charge is -2.40. The number of ether oxygens (including phenoxy) is 1. The van der Waals surface area contributed by atoms with E-state index in [4.69, 9.17) is 4.74 Å². The van der Waals surface area contributed by atoms with Crippen LogP contribution in [0.2, 0.25) is 0 Å². The third-order valence-corrected chi connectivity index (χ3v) is 5.79. The van der Waals surface area contributed by atoms with Crippen molar-refractivity contribution in [1.29, 1.82) is 0 Å². The Hall–Kier alpha value is -3.15. The summed E-state index contributed by atoms with van der Waals surface area (Å²) in [4.78, 5) is 39.0. The Morgan fingerprint density at radius 3 is 2.13 bits per heavy atom. The van der Waals surface area contributed by atoms with Crippen molar-refractivity contribution in [2.75, 3.05) is 19.7 Å². The van der Waals surface area contributed by atoms with E-state index >= 15 is 0 Å². The molecule has 0 unspecified atom stereocenters. The minimum Gasteiger partial charge on any atom is -0.455 e. The van der Waals surface area contributed by atoms with Crippen molar-refractivity contribution in [2.45, 2.75) is 38.1 Å². The maximum atomic E-state index is 13.2. The van der Waals surface area contributed by atoms with Crippen LogP contribution in [0.4, 0.5) is 0 Å². The van der Waals surface area contributed by atoms with Gasteiger partial charge in [0.25, 0.3) is 5.91 Å². The fourth-order valence-corrected chi connectivity index (χ4v) is 3.95. The maximum Gasteiger partial charge on any atom is 0.317 e. The van der Waals surface area contributed by atoms with Crippen molar-refractivity contribution >= 4 is 17.8 Å². The molecule has 6 heteroatoms. The molecule has 2 aromatic carbocycles. The van der Waals surface area contributed by atoms with E-state index in [9.17, 15) is 14.4 Å². The van der Waals surface area contributed by atoms with Crippen LogP contribution in [-0.2, 0) is 24.5 Å². The van der Waals surface area contributed by atoms with E-state index in [-0.39, 0.29) is 24.5 Å². The summed E-state index contributed by atoms with van der Waals surface area (Å²) in [7, 11) is 0. The molecule has 1 heterocycles. The molecule has 0 bridgehead atoms. The van der Waals surface area contributed by atoms with E-state index < -0.39 is 11.4 Å². The molecule has 0 aromatic heterocycles. The molecule has 1 aliphatic rings. The minimum atomic E-state index is -0.849. The summed E-state index contributed by atoms with van der Waals surface area (Å²) in [6.07, 6.45) is 0.939. The molecule has 0 spiro atoms. The lowest BCUT2D eigenvalue weighted by Crippen LogP contribution is -2.49. The van der Waals surface area contributed by atoms with E-state index in [0.717, 1.165) is 11.1 Å². The monoisotopic (exact) mass is 408 g/mol. The molecule has 1 N–H and O–H groups in total. The second kappa shape index (κ2) is 9.57. The van der Waals surface area contributed by atoms with Gasteiger partial charge in [-0.05, 0) is 30.9 Å². The summed E-state index contributed by atoms with van der Waals surface area (Å²) in [6, 6.07) is 18.9. The fourth-order valence-electron chi connectivity index (χ4n) is 3.95. The zero-order valence-corrected chi connectivity index (χ0v) is 17.5. The first kappa shape index (κ1) is 21.6. The maximum absolute atomic E-state index is 13.2. The molecule has 0 radical (unpaired) electrons. The molecule has 0 aliphatic carbocycles. The molecule has 2 aromatic rings. The predicted octanol–water partition coefficient (Wildman–Crippen LogP) is 2.99. The second-order valence-electron chi connectivity index (χ2n) is 7.73. The molecule has 6 nitrogen and oxygen atoms in total. The smallest absolute Gasteiger partial charge is 0.317 e. The number of hydrogen-bond donors (Lipinski definition) is 1. The first-order chi connectivity index (χ1) is 14.4. The molecule has 30 heavy (non-hydrogen) atoms. The number of esters is 1. The summed E-state index contributed by atoms with van der Waals surface area (Å²) in [5.41, 5.74) is 0.990. The summed E-state index contributed by atoms with van der Waals surface area (Å²) in [5.74, 6) is -0.761. The first-order valence-electron chi connectivity index (χ1n) is 10.2. The number of carbonyl (C=O) groups is 3. The van der Waals surface area contributed by atoms with Gasteiger partial charge in [0.2, 0.25) is 5.91 Å². The van der Waals surface area contributed by atoms with Crippen molar-refractivity contribution < 1.29 is 19.1 Å². The number of piperidine rings is 1. The van der Waals surface area contributed by atoms with Crippen LogP contribution >= 0.6 is 0 Å². The van der Waals surface area contributed by atoms with Gasteiger partial charge in [-0.25, -0.2) is 0 Å². The molecule has 1 saturated heterocycles. The highest BCUT2D eigenvalue weighted by molar-refractivity contribution is 5.87. The normalized spacial score (nSPS) is 16.4. The average Bonchev–Trinajstić information content (AvgIpc) is 2.78. The van der Waals surface area contributed by atoms with Crippen LogP contribution < -0.4 is 5.32 Å². The van der Waals surface area contributed by atoms with E-state index in [2.05, 4.69) is 5.32 Å². The van der Waals surface area contributed by atoms with E-state index in [1.807, 2.05) is 67.6 Å². The molecule has 1 fully saturated rings. The Morgan fingerprint density at radius 1 is 1.00 bits per heavy atom. The highest BCUT2D eigenvalue weighted by atomic mass is 16.5. The van der Waals surface area contributed by atoms with Crippen LogP contribution in [-0.4, -0.2) is 42.4 Å². The Kier molecular flexibility index (Phi) is 6.87. The lowest BCUT2D eigenvalue weighted by molar-refractivity contribution is -0.157. The van der Waals surface area contributed by atoms with Gasteiger partial charge in [-0.15, -0.1) is 0 Å². The number of carbonyl (C=O) groups excluding carboxylic acids is 3. The fraction of sp³-hybridized carbons (Fsp3) is 0.375. The largest absolute Gasteiger partial charge is 0.455 e. The average molecular weight is 408 g/mol. The summed E-state index contributed by atoms with van der Waals surface area (Å²) >= 11 is 0. The van der Waals surface area contributed by atoms with Crippen LogP contribution in [0.25, 0.3) is 0 Å². The molecule has 1 aliphatic heterocycles. The van der Waals surface area contributed by atoms with Crippen LogP contribution in [0.5, 0.6) is 0 Å². The van der Waals surface area contributed by atoms with Crippen LogP contribution in [0, 0.1) is 0 Å². The third-order valence-electron chi connectivity index (χ3n) is 5.79. The second-order valence-corrected chi connectivity index (χ2v) is 7.73. The summed E-state index contributed by atoms with van der Waals surface area (Å²) < 4.78 is 5.48. The van der Waals surface area contributed by atoms with E-state index in [1.165, 1.54) is 6.92 Å². The van der Waals surface area contributed by atoms with Gasteiger partial charge in [-0.1, -0.05) is 60.7 Å². The highest BCUT2D eigenvalue weighted by Gasteiger charge is 2.44. The molecule has 3 rings (SSSR count). The SMILES string of the molecule is CC(=O)N1CCC(C(=O)OCC(=O)N[C@@H](C)c2ccccc2)(c2ccccc2)CC1. The summed E-state index contributed by atoms with van der Waals surface area (Å²) in [6.45, 7) is 4.05. The molecule has 1 atom stereocenters. The Morgan fingerprint density at radius 2 is 1.57 bits per heavy atom. The number of hydrogen-bond acceptors (Lipinski definition) is 4. The zero-order chi connectivity index (χ0) is 21.6. The van der Waals surface area contributed by atoms with Gasteiger partial charge in [0.1, 0.15) is 0 Å². The molecule has 158 valence electrons. The number of likely N-dealkylation sites (tertiary alicyclic amines) is 1. The third kappa shape index (κ3) is 4.87. The zero-order valence-electron chi connectivity index (χ0n) is 17.5. The molecular weight excluding hydrogens is 380 g/mol. The van der Waals surface area contributed by atoms with E-state index in [0.29, 0.717) is 25.9 Å². The van der Waals surface area contributed by atoms with Gasteiger partial charge >= 0.3 is 5.97 Å². The number of nitrogens with one attached hydrogen (secondary N) is 1. The Bertz CT molecular complexity index is 875. The van der Waals surface area contributed by atoms with Crippen molar-refractivity contribution in [2.24, 2.45) is 0 Å². The topological polar surface area (TPSA) is 75.7 Å². The standard InChI is InChI=1S/C24H28N2O4/c1-18(20-9-5-3-6-10-20)25-22(28)17-30-23(29)24(21-11-7-4-8-12-21)13-15-26(16-14-24)19(2)27/h3-12,18H,13-17H2,1-2H3,(H,25,28)/t18-/m0/s1. The van der Waals surface area contributed by atoms with E-state index in [1.54, 1.807) is 4.90 Å².